The highest BCUT2D eigenvalue weighted by Crippen LogP contribution is 2.29. The van der Waals surface area contributed by atoms with E-state index >= 15 is 0 Å². The Hall–Kier alpha value is -1.03. The summed E-state index contributed by atoms with van der Waals surface area (Å²) in [7, 11) is 0. The van der Waals surface area contributed by atoms with Gasteiger partial charge in [-0.15, -0.1) is 0 Å². The maximum absolute atomic E-state index is 11.0. The Morgan fingerprint density at radius 1 is 1.44 bits per heavy atom. The van der Waals surface area contributed by atoms with Crippen LogP contribution in [0.5, 0.6) is 0 Å². The molecule has 98 valence electrons. The van der Waals surface area contributed by atoms with Crippen LogP contribution in [0.3, 0.4) is 0 Å². The second kappa shape index (κ2) is 5.74. The largest absolute Gasteiger partial charge is 0.481 e. The van der Waals surface area contributed by atoms with Gasteiger partial charge in [-0.25, -0.2) is 0 Å². The van der Waals surface area contributed by atoms with Crippen molar-refractivity contribution >= 4 is 27.6 Å². The third kappa shape index (κ3) is 3.05. The molecule has 1 aromatic rings. The molecule has 3 nitrogen and oxygen atoms in total. The number of hydrogen-bond acceptors (Lipinski definition) is 2. The molecule has 2 rings (SSSR count). The number of carboxylic acid groups (broad SMARTS) is 1. The van der Waals surface area contributed by atoms with Crippen LogP contribution in [0.1, 0.15) is 31.2 Å². The Kier molecular flexibility index (Phi) is 4.27. The summed E-state index contributed by atoms with van der Waals surface area (Å²) in [5.74, 6) is -0.851. The fraction of sp³-hybridized carbons (Fsp3) is 0.500. The van der Waals surface area contributed by atoms with Gasteiger partial charge in [-0.1, -0.05) is 28.4 Å². The maximum Gasteiger partial charge on any atom is 0.306 e. The lowest BCUT2D eigenvalue weighted by Gasteiger charge is -2.28. The Morgan fingerprint density at radius 2 is 2.22 bits per heavy atom. The fourth-order valence-corrected chi connectivity index (χ4v) is 2.90. The van der Waals surface area contributed by atoms with E-state index in [0.717, 1.165) is 35.8 Å². The molecular formula is C14H18BrNO2. The lowest BCUT2D eigenvalue weighted by atomic mass is 9.85. The van der Waals surface area contributed by atoms with Gasteiger partial charge in [-0.2, -0.15) is 0 Å². The molecule has 0 spiro atoms. The van der Waals surface area contributed by atoms with Gasteiger partial charge in [-0.05, 0) is 43.9 Å². The molecule has 2 N–H and O–H groups in total. The van der Waals surface area contributed by atoms with Crippen molar-refractivity contribution in [3.8, 4) is 0 Å². The van der Waals surface area contributed by atoms with Gasteiger partial charge in [0.1, 0.15) is 0 Å². The molecule has 0 radical (unpaired) electrons. The van der Waals surface area contributed by atoms with Crippen LogP contribution in [0, 0.1) is 12.8 Å². The summed E-state index contributed by atoms with van der Waals surface area (Å²) in [6, 6.07) is 6.33. The second-order valence-corrected chi connectivity index (χ2v) is 5.81. The first-order valence-corrected chi connectivity index (χ1v) is 7.11. The summed E-state index contributed by atoms with van der Waals surface area (Å²) in [5.41, 5.74) is 2.27. The van der Waals surface area contributed by atoms with Crippen LogP contribution in [0.15, 0.2) is 22.7 Å². The van der Waals surface area contributed by atoms with E-state index in [1.165, 1.54) is 5.56 Å². The average molecular weight is 312 g/mol. The third-order valence-electron chi connectivity index (χ3n) is 3.65. The smallest absolute Gasteiger partial charge is 0.306 e. The summed E-state index contributed by atoms with van der Waals surface area (Å²) < 4.78 is 1.08. The third-order valence-corrected chi connectivity index (χ3v) is 4.51. The molecule has 18 heavy (non-hydrogen) atoms. The molecule has 1 aromatic carbocycles. The van der Waals surface area contributed by atoms with Gasteiger partial charge in [0, 0.05) is 16.2 Å². The first kappa shape index (κ1) is 13.4. The van der Waals surface area contributed by atoms with Crippen molar-refractivity contribution in [3.05, 3.63) is 28.2 Å². The van der Waals surface area contributed by atoms with Gasteiger partial charge in [0.25, 0.3) is 0 Å². The molecule has 2 unspecified atom stereocenters. The normalized spacial score (nSPS) is 23.7. The molecule has 0 amide bonds. The number of aliphatic carboxylic acids is 1. The van der Waals surface area contributed by atoms with Gasteiger partial charge in [0.05, 0.1) is 5.92 Å². The van der Waals surface area contributed by atoms with Crippen LogP contribution in [0.2, 0.25) is 0 Å². The SMILES string of the molecule is Cc1c(Br)cccc1NC1CCCC(C(=O)O)C1. The molecule has 0 bridgehead atoms. The van der Waals surface area contributed by atoms with Crippen molar-refractivity contribution in [2.75, 3.05) is 5.32 Å². The van der Waals surface area contributed by atoms with Crippen molar-refractivity contribution in [1.82, 2.24) is 0 Å². The Morgan fingerprint density at radius 3 is 2.94 bits per heavy atom. The zero-order chi connectivity index (χ0) is 13.1. The zero-order valence-electron chi connectivity index (χ0n) is 10.4. The highest BCUT2D eigenvalue weighted by Gasteiger charge is 2.27. The van der Waals surface area contributed by atoms with Crippen molar-refractivity contribution in [3.63, 3.8) is 0 Å². The summed E-state index contributed by atoms with van der Waals surface area (Å²) in [5, 5.41) is 12.6. The quantitative estimate of drug-likeness (QED) is 0.892. The monoisotopic (exact) mass is 311 g/mol. The van der Waals surface area contributed by atoms with Crippen LogP contribution in [-0.2, 0) is 4.79 Å². The minimum absolute atomic E-state index is 0.191. The average Bonchev–Trinajstić information content (AvgIpc) is 2.35. The number of hydrogen-bond donors (Lipinski definition) is 2. The highest BCUT2D eigenvalue weighted by atomic mass is 79.9. The number of anilines is 1. The number of rotatable bonds is 3. The van der Waals surface area contributed by atoms with E-state index < -0.39 is 5.97 Å². The van der Waals surface area contributed by atoms with Crippen LogP contribution in [0.25, 0.3) is 0 Å². The molecule has 0 saturated heterocycles. The number of carboxylic acids is 1. The van der Waals surface area contributed by atoms with Gasteiger partial charge >= 0.3 is 5.97 Å². The van der Waals surface area contributed by atoms with Crippen molar-refractivity contribution in [1.29, 1.82) is 0 Å². The molecular weight excluding hydrogens is 294 g/mol. The number of nitrogens with one attached hydrogen (secondary N) is 1. The van der Waals surface area contributed by atoms with E-state index in [1.54, 1.807) is 0 Å². The predicted octanol–water partition coefficient (Wildman–Crippen LogP) is 3.81. The Bertz CT molecular complexity index is 447. The maximum atomic E-state index is 11.0. The number of halogens is 1. The molecule has 0 aliphatic heterocycles. The summed E-state index contributed by atoms with van der Waals surface area (Å²) in [4.78, 5) is 11.0. The predicted molar refractivity (Wildman–Crippen MR) is 75.9 cm³/mol. The molecule has 1 fully saturated rings. The Balaban J connectivity index is 2.05. The van der Waals surface area contributed by atoms with E-state index in [2.05, 4.69) is 28.2 Å². The van der Waals surface area contributed by atoms with Crippen LogP contribution in [0.4, 0.5) is 5.69 Å². The topological polar surface area (TPSA) is 49.3 Å². The minimum Gasteiger partial charge on any atom is -0.481 e. The standard InChI is InChI=1S/C14H18BrNO2/c1-9-12(15)6-3-7-13(9)16-11-5-2-4-10(8-11)14(17)18/h3,6-7,10-11,16H,2,4-5,8H2,1H3,(H,17,18). The van der Waals surface area contributed by atoms with Crippen molar-refractivity contribution < 1.29 is 9.90 Å². The molecule has 0 heterocycles. The molecule has 1 aliphatic carbocycles. The minimum atomic E-state index is -0.660. The number of carbonyl (C=O) groups is 1. The van der Waals surface area contributed by atoms with Crippen LogP contribution < -0.4 is 5.32 Å². The Labute approximate surface area is 116 Å². The van der Waals surface area contributed by atoms with Gasteiger partial charge in [-0.3, -0.25) is 4.79 Å². The van der Waals surface area contributed by atoms with E-state index in [0.29, 0.717) is 0 Å². The fourth-order valence-electron chi connectivity index (χ4n) is 2.53. The molecule has 1 saturated carbocycles. The summed E-state index contributed by atoms with van der Waals surface area (Å²) in [6.45, 7) is 2.06. The molecule has 4 heteroatoms. The summed E-state index contributed by atoms with van der Waals surface area (Å²) >= 11 is 3.51. The lowest BCUT2D eigenvalue weighted by Crippen LogP contribution is -2.31. The van der Waals surface area contributed by atoms with E-state index in [4.69, 9.17) is 5.11 Å². The molecule has 1 aliphatic rings. The van der Waals surface area contributed by atoms with Crippen LogP contribution in [-0.4, -0.2) is 17.1 Å². The van der Waals surface area contributed by atoms with Gasteiger partial charge < -0.3 is 10.4 Å². The number of benzene rings is 1. The van der Waals surface area contributed by atoms with Gasteiger partial charge in [0.15, 0.2) is 0 Å². The van der Waals surface area contributed by atoms with E-state index in [-0.39, 0.29) is 12.0 Å². The highest BCUT2D eigenvalue weighted by molar-refractivity contribution is 9.10. The van der Waals surface area contributed by atoms with Crippen LogP contribution >= 0.6 is 15.9 Å². The first-order chi connectivity index (χ1) is 8.58. The van der Waals surface area contributed by atoms with Crippen molar-refractivity contribution in [2.45, 2.75) is 38.6 Å². The second-order valence-electron chi connectivity index (χ2n) is 4.96. The molecule has 2 atom stereocenters. The summed E-state index contributed by atoms with van der Waals surface area (Å²) in [6.07, 6.45) is 3.57. The van der Waals surface area contributed by atoms with Gasteiger partial charge in [0.2, 0.25) is 0 Å². The molecule has 0 aromatic heterocycles. The van der Waals surface area contributed by atoms with E-state index in [1.807, 2.05) is 18.2 Å². The van der Waals surface area contributed by atoms with Crippen molar-refractivity contribution in [2.24, 2.45) is 5.92 Å². The first-order valence-electron chi connectivity index (χ1n) is 6.32. The zero-order valence-corrected chi connectivity index (χ0v) is 12.0. The van der Waals surface area contributed by atoms with E-state index in [9.17, 15) is 4.79 Å². The lowest BCUT2D eigenvalue weighted by molar-refractivity contribution is -0.142.